The van der Waals surface area contributed by atoms with E-state index in [4.69, 9.17) is 0 Å². The zero-order valence-corrected chi connectivity index (χ0v) is 9.10. The van der Waals surface area contributed by atoms with E-state index in [0.29, 0.717) is 0 Å². The largest absolute Gasteiger partial charge is 0.316 e. The van der Waals surface area contributed by atoms with Gasteiger partial charge in [-0.25, -0.2) is 0 Å². The fraction of sp³-hybridized carbons (Fsp3) is 0.364. The number of benzene rings is 1. The molecule has 0 saturated carbocycles. The highest BCUT2D eigenvalue weighted by atomic mass is 16.3. The predicted molar refractivity (Wildman–Crippen MR) is 59.7 cm³/mol. The molecule has 1 aromatic carbocycles. The van der Waals surface area contributed by atoms with Crippen LogP contribution in [0.1, 0.15) is 25.5 Å². The molecule has 0 radical (unpaired) electrons. The van der Waals surface area contributed by atoms with Crippen LogP contribution in [0.2, 0.25) is 0 Å². The molecule has 1 unspecified atom stereocenters. The highest BCUT2D eigenvalue weighted by Gasteiger charge is 2.09. The SMILES string of the molecule is CC(=O)N(C)c1cccc(C(C)N=O)c1. The van der Waals surface area contributed by atoms with E-state index in [9.17, 15) is 9.70 Å². The van der Waals surface area contributed by atoms with Gasteiger partial charge < -0.3 is 4.90 Å². The van der Waals surface area contributed by atoms with Crippen molar-refractivity contribution in [1.29, 1.82) is 0 Å². The monoisotopic (exact) mass is 206 g/mol. The summed E-state index contributed by atoms with van der Waals surface area (Å²) < 4.78 is 0. The summed E-state index contributed by atoms with van der Waals surface area (Å²) in [5, 5.41) is 2.95. The number of carbonyl (C=O) groups is 1. The second-order valence-corrected chi connectivity index (χ2v) is 3.45. The van der Waals surface area contributed by atoms with E-state index >= 15 is 0 Å². The first-order valence-corrected chi connectivity index (χ1v) is 4.73. The van der Waals surface area contributed by atoms with Gasteiger partial charge >= 0.3 is 0 Å². The molecule has 0 fully saturated rings. The minimum absolute atomic E-state index is 0.0427. The van der Waals surface area contributed by atoms with Gasteiger partial charge in [-0.15, -0.1) is 0 Å². The molecular formula is C11H14N2O2. The van der Waals surface area contributed by atoms with Crippen LogP contribution < -0.4 is 4.90 Å². The van der Waals surface area contributed by atoms with Gasteiger partial charge in [0.2, 0.25) is 5.91 Å². The van der Waals surface area contributed by atoms with E-state index < -0.39 is 0 Å². The number of carbonyl (C=O) groups excluding carboxylic acids is 1. The lowest BCUT2D eigenvalue weighted by Gasteiger charge is -2.16. The molecule has 15 heavy (non-hydrogen) atoms. The van der Waals surface area contributed by atoms with E-state index in [-0.39, 0.29) is 11.9 Å². The molecule has 0 N–H and O–H groups in total. The summed E-state index contributed by atoms with van der Waals surface area (Å²) in [5.74, 6) is -0.0427. The number of nitroso groups, excluding NO2 is 1. The summed E-state index contributed by atoms with van der Waals surface area (Å²) in [7, 11) is 1.69. The number of hydrogen-bond acceptors (Lipinski definition) is 3. The molecule has 0 aliphatic rings. The lowest BCUT2D eigenvalue weighted by atomic mass is 10.1. The maximum absolute atomic E-state index is 11.1. The Labute approximate surface area is 88.9 Å². The van der Waals surface area contributed by atoms with Crippen molar-refractivity contribution in [1.82, 2.24) is 0 Å². The molecule has 0 bridgehead atoms. The molecular weight excluding hydrogens is 192 g/mol. The Morgan fingerprint density at radius 3 is 2.67 bits per heavy atom. The Hall–Kier alpha value is -1.71. The second-order valence-electron chi connectivity index (χ2n) is 3.45. The number of nitrogens with zero attached hydrogens (tertiary/aromatic N) is 2. The van der Waals surface area contributed by atoms with Crippen LogP contribution in [0.25, 0.3) is 0 Å². The van der Waals surface area contributed by atoms with E-state index in [1.54, 1.807) is 20.0 Å². The molecule has 1 rings (SSSR count). The molecule has 0 aromatic heterocycles. The third kappa shape index (κ3) is 2.62. The summed E-state index contributed by atoms with van der Waals surface area (Å²) in [6, 6.07) is 6.87. The van der Waals surface area contributed by atoms with Crippen molar-refractivity contribution in [2.45, 2.75) is 19.9 Å². The van der Waals surface area contributed by atoms with Crippen molar-refractivity contribution in [2.24, 2.45) is 5.18 Å². The van der Waals surface area contributed by atoms with Crippen molar-refractivity contribution in [3.8, 4) is 0 Å². The zero-order chi connectivity index (χ0) is 11.4. The van der Waals surface area contributed by atoms with Gasteiger partial charge in [-0.05, 0) is 24.6 Å². The molecule has 0 saturated heterocycles. The minimum Gasteiger partial charge on any atom is -0.316 e. The number of hydrogen-bond donors (Lipinski definition) is 0. The van der Waals surface area contributed by atoms with Gasteiger partial charge in [0, 0.05) is 19.7 Å². The van der Waals surface area contributed by atoms with Gasteiger partial charge in [0.1, 0.15) is 6.04 Å². The van der Waals surface area contributed by atoms with Crippen LogP contribution in [0.3, 0.4) is 0 Å². The van der Waals surface area contributed by atoms with Crippen molar-refractivity contribution in [2.75, 3.05) is 11.9 Å². The van der Waals surface area contributed by atoms with Gasteiger partial charge in [-0.2, -0.15) is 4.91 Å². The third-order valence-corrected chi connectivity index (χ3v) is 2.37. The third-order valence-electron chi connectivity index (χ3n) is 2.37. The Morgan fingerprint density at radius 1 is 1.47 bits per heavy atom. The Kier molecular flexibility index (Phi) is 3.55. The minimum atomic E-state index is -0.384. The topological polar surface area (TPSA) is 49.7 Å². The van der Waals surface area contributed by atoms with Crippen molar-refractivity contribution in [3.05, 3.63) is 34.7 Å². The molecule has 0 heterocycles. The van der Waals surface area contributed by atoms with Crippen LogP contribution in [-0.2, 0) is 4.79 Å². The maximum atomic E-state index is 11.1. The van der Waals surface area contributed by atoms with Crippen molar-refractivity contribution >= 4 is 11.6 Å². The highest BCUT2D eigenvalue weighted by Crippen LogP contribution is 2.21. The fourth-order valence-corrected chi connectivity index (χ4v) is 1.24. The molecule has 0 aliphatic heterocycles. The van der Waals surface area contributed by atoms with Crippen LogP contribution in [0, 0.1) is 4.91 Å². The first-order chi connectivity index (χ1) is 7.06. The average molecular weight is 206 g/mol. The predicted octanol–water partition coefficient (Wildman–Crippen LogP) is 2.50. The standard InChI is InChI=1S/C11H14N2O2/c1-8(12-15)10-5-4-6-11(7-10)13(3)9(2)14/h4-8H,1-3H3. The molecule has 0 aliphatic carbocycles. The second kappa shape index (κ2) is 4.68. The molecule has 1 aromatic rings. The fourth-order valence-electron chi connectivity index (χ4n) is 1.24. The van der Waals surface area contributed by atoms with E-state index in [1.807, 2.05) is 18.2 Å². The van der Waals surface area contributed by atoms with Crippen LogP contribution in [0.5, 0.6) is 0 Å². The van der Waals surface area contributed by atoms with Gasteiger partial charge in [0.15, 0.2) is 0 Å². The molecule has 0 spiro atoms. The van der Waals surface area contributed by atoms with Crippen LogP contribution in [-0.4, -0.2) is 13.0 Å². The van der Waals surface area contributed by atoms with Gasteiger partial charge in [0.25, 0.3) is 0 Å². The first-order valence-electron chi connectivity index (χ1n) is 4.73. The number of anilines is 1. The molecule has 4 heteroatoms. The Balaban J connectivity index is 3.02. The number of amides is 1. The summed E-state index contributed by atoms with van der Waals surface area (Å²) >= 11 is 0. The molecule has 1 amide bonds. The quantitative estimate of drug-likeness (QED) is 0.713. The molecule has 4 nitrogen and oxygen atoms in total. The smallest absolute Gasteiger partial charge is 0.223 e. The number of rotatable bonds is 3. The Bertz CT molecular complexity index is 377. The van der Waals surface area contributed by atoms with Crippen LogP contribution in [0.15, 0.2) is 29.4 Å². The summed E-state index contributed by atoms with van der Waals surface area (Å²) in [4.78, 5) is 23.1. The summed E-state index contributed by atoms with van der Waals surface area (Å²) in [6.45, 7) is 3.22. The van der Waals surface area contributed by atoms with Gasteiger partial charge in [0.05, 0.1) is 0 Å². The normalized spacial score (nSPS) is 11.9. The first kappa shape index (κ1) is 11.4. The van der Waals surface area contributed by atoms with Gasteiger partial charge in [-0.3, -0.25) is 4.79 Å². The highest BCUT2D eigenvalue weighted by molar-refractivity contribution is 5.90. The van der Waals surface area contributed by atoms with E-state index in [2.05, 4.69) is 5.18 Å². The van der Waals surface area contributed by atoms with E-state index in [0.717, 1.165) is 11.3 Å². The lowest BCUT2D eigenvalue weighted by molar-refractivity contribution is -0.116. The average Bonchev–Trinajstić information content (AvgIpc) is 2.27. The lowest BCUT2D eigenvalue weighted by Crippen LogP contribution is -2.22. The van der Waals surface area contributed by atoms with Crippen molar-refractivity contribution < 1.29 is 4.79 Å². The van der Waals surface area contributed by atoms with Crippen LogP contribution >= 0.6 is 0 Å². The van der Waals surface area contributed by atoms with Crippen molar-refractivity contribution in [3.63, 3.8) is 0 Å². The van der Waals surface area contributed by atoms with Crippen LogP contribution in [0.4, 0.5) is 5.69 Å². The zero-order valence-electron chi connectivity index (χ0n) is 9.10. The summed E-state index contributed by atoms with van der Waals surface area (Å²) in [5.41, 5.74) is 1.59. The van der Waals surface area contributed by atoms with E-state index in [1.165, 1.54) is 11.8 Å². The molecule has 1 atom stereocenters. The maximum Gasteiger partial charge on any atom is 0.223 e. The summed E-state index contributed by atoms with van der Waals surface area (Å²) in [6.07, 6.45) is 0. The van der Waals surface area contributed by atoms with Gasteiger partial charge in [-0.1, -0.05) is 17.3 Å². The Morgan fingerprint density at radius 2 is 2.13 bits per heavy atom. The molecule has 80 valence electrons.